The van der Waals surface area contributed by atoms with Crippen LogP contribution >= 0.6 is 0 Å². The Hall–Kier alpha value is -2.10. The maximum absolute atomic E-state index is 12.1. The van der Waals surface area contributed by atoms with Crippen molar-refractivity contribution in [1.82, 2.24) is 0 Å². The van der Waals surface area contributed by atoms with E-state index in [2.05, 4.69) is 0 Å². The van der Waals surface area contributed by atoms with Crippen molar-refractivity contribution in [3.8, 4) is 0 Å². The molecule has 0 aliphatic carbocycles. The van der Waals surface area contributed by atoms with Gasteiger partial charge in [0.25, 0.3) is 0 Å². The van der Waals surface area contributed by atoms with Crippen LogP contribution in [-0.2, 0) is 14.3 Å². The van der Waals surface area contributed by atoms with Crippen molar-refractivity contribution in [2.75, 3.05) is 0 Å². The summed E-state index contributed by atoms with van der Waals surface area (Å²) in [5.41, 5.74) is 3.33. The molecule has 0 unspecified atom stereocenters. The molecule has 2 rings (SSSR count). The van der Waals surface area contributed by atoms with Gasteiger partial charge in [-0.05, 0) is 45.3 Å². The summed E-state index contributed by atoms with van der Waals surface area (Å²) in [4.78, 5) is 24.1. The summed E-state index contributed by atoms with van der Waals surface area (Å²) < 4.78 is 10.4. The van der Waals surface area contributed by atoms with Crippen LogP contribution < -0.4 is 0 Å². The number of ether oxygens (including phenoxy) is 1. The fourth-order valence-corrected chi connectivity index (χ4v) is 2.79. The van der Waals surface area contributed by atoms with Crippen LogP contribution in [0.4, 0.5) is 0 Å². The van der Waals surface area contributed by atoms with Crippen LogP contribution in [0, 0.1) is 13.8 Å². The fraction of sp³-hybridized carbons (Fsp3) is 0.412. The smallest absolute Gasteiger partial charge is 0.347 e. The standard InChI is InChI=1S/C17H20O4/c1-6-12(7-2)15-14(16(18)21-17(15)19)10(4)13-8-9(3)20-11(13)5/h8H,6-7H2,1-5H3. The van der Waals surface area contributed by atoms with Gasteiger partial charge in [0.15, 0.2) is 0 Å². The van der Waals surface area contributed by atoms with Crippen LogP contribution in [-0.4, -0.2) is 11.9 Å². The summed E-state index contributed by atoms with van der Waals surface area (Å²) in [6.07, 6.45) is 1.43. The van der Waals surface area contributed by atoms with Crippen molar-refractivity contribution in [2.45, 2.75) is 47.5 Å². The number of cyclic esters (lactones) is 2. The summed E-state index contributed by atoms with van der Waals surface area (Å²) in [5, 5.41) is 0. The number of hydrogen-bond acceptors (Lipinski definition) is 4. The van der Waals surface area contributed by atoms with Gasteiger partial charge in [-0.15, -0.1) is 0 Å². The Kier molecular flexibility index (Phi) is 4.16. The zero-order valence-corrected chi connectivity index (χ0v) is 13.1. The molecular formula is C17H20O4. The van der Waals surface area contributed by atoms with E-state index in [9.17, 15) is 9.59 Å². The molecule has 1 aromatic heterocycles. The second-order valence-corrected chi connectivity index (χ2v) is 5.19. The first kappa shape index (κ1) is 15.3. The number of furan rings is 1. The molecule has 1 aliphatic heterocycles. The van der Waals surface area contributed by atoms with Gasteiger partial charge in [-0.2, -0.15) is 0 Å². The second kappa shape index (κ2) is 5.72. The average Bonchev–Trinajstić information content (AvgIpc) is 2.90. The summed E-state index contributed by atoms with van der Waals surface area (Å²) in [5.74, 6) is 0.409. The predicted octanol–water partition coefficient (Wildman–Crippen LogP) is 3.87. The summed E-state index contributed by atoms with van der Waals surface area (Å²) in [6, 6.07) is 1.88. The van der Waals surface area contributed by atoms with E-state index in [1.165, 1.54) is 0 Å². The molecule has 21 heavy (non-hydrogen) atoms. The van der Waals surface area contributed by atoms with Crippen LogP contribution in [0.5, 0.6) is 0 Å². The highest BCUT2D eigenvalue weighted by molar-refractivity contribution is 6.22. The molecule has 0 spiro atoms. The number of carbonyl (C=O) groups is 2. The number of carbonyl (C=O) groups excluding carboxylic acids is 2. The van der Waals surface area contributed by atoms with Crippen molar-refractivity contribution in [3.63, 3.8) is 0 Å². The van der Waals surface area contributed by atoms with Crippen LogP contribution in [0.1, 0.15) is 50.7 Å². The number of hydrogen-bond donors (Lipinski definition) is 0. The summed E-state index contributed by atoms with van der Waals surface area (Å²) in [7, 11) is 0. The van der Waals surface area contributed by atoms with E-state index in [0.29, 0.717) is 24.0 Å². The zero-order chi connectivity index (χ0) is 15.7. The number of rotatable bonds is 3. The highest BCUT2D eigenvalue weighted by Crippen LogP contribution is 2.35. The van der Waals surface area contributed by atoms with Gasteiger partial charge in [0.2, 0.25) is 0 Å². The quantitative estimate of drug-likeness (QED) is 0.481. The van der Waals surface area contributed by atoms with Crippen LogP contribution in [0.25, 0.3) is 5.57 Å². The molecule has 1 aromatic rings. The minimum Gasteiger partial charge on any atom is -0.466 e. The minimum absolute atomic E-state index is 0.377. The van der Waals surface area contributed by atoms with Crippen molar-refractivity contribution in [2.24, 2.45) is 0 Å². The van der Waals surface area contributed by atoms with E-state index in [-0.39, 0.29) is 0 Å². The van der Waals surface area contributed by atoms with Gasteiger partial charge < -0.3 is 9.15 Å². The lowest BCUT2D eigenvalue weighted by Crippen LogP contribution is -2.01. The van der Waals surface area contributed by atoms with Crippen LogP contribution in [0.3, 0.4) is 0 Å². The Morgan fingerprint density at radius 3 is 2.10 bits per heavy atom. The molecule has 0 atom stereocenters. The first-order valence-corrected chi connectivity index (χ1v) is 7.17. The van der Waals surface area contributed by atoms with E-state index < -0.39 is 11.9 Å². The van der Waals surface area contributed by atoms with Gasteiger partial charge in [-0.25, -0.2) is 9.59 Å². The lowest BCUT2D eigenvalue weighted by molar-refractivity contribution is -0.149. The predicted molar refractivity (Wildman–Crippen MR) is 79.5 cm³/mol. The highest BCUT2D eigenvalue weighted by atomic mass is 16.6. The highest BCUT2D eigenvalue weighted by Gasteiger charge is 2.37. The molecule has 2 heterocycles. The Morgan fingerprint density at radius 2 is 1.62 bits per heavy atom. The van der Waals surface area contributed by atoms with Gasteiger partial charge in [0.05, 0.1) is 11.1 Å². The van der Waals surface area contributed by atoms with Crippen molar-refractivity contribution in [3.05, 3.63) is 39.9 Å². The van der Waals surface area contributed by atoms with Crippen molar-refractivity contribution < 1.29 is 18.7 Å². The molecule has 1 aliphatic rings. The van der Waals surface area contributed by atoms with Gasteiger partial charge in [0.1, 0.15) is 11.5 Å². The third-order valence-corrected chi connectivity index (χ3v) is 3.87. The molecule has 0 bridgehead atoms. The molecule has 0 aromatic carbocycles. The van der Waals surface area contributed by atoms with Crippen LogP contribution in [0.15, 0.2) is 27.2 Å². The maximum Gasteiger partial charge on any atom is 0.347 e. The molecule has 0 N–H and O–H groups in total. The number of aryl methyl sites for hydroxylation is 2. The molecule has 0 radical (unpaired) electrons. The van der Waals surface area contributed by atoms with Crippen LogP contribution in [0.2, 0.25) is 0 Å². The molecule has 4 nitrogen and oxygen atoms in total. The molecule has 1 fully saturated rings. The molecule has 4 heteroatoms. The molecule has 112 valence electrons. The Morgan fingerprint density at radius 1 is 1.05 bits per heavy atom. The number of allylic oxidation sites excluding steroid dienone is 2. The first-order chi connectivity index (χ1) is 9.90. The Balaban J connectivity index is 2.71. The van der Waals surface area contributed by atoms with Gasteiger partial charge in [0, 0.05) is 5.56 Å². The maximum atomic E-state index is 12.1. The largest absolute Gasteiger partial charge is 0.466 e. The lowest BCUT2D eigenvalue weighted by Gasteiger charge is -2.07. The minimum atomic E-state index is -0.565. The van der Waals surface area contributed by atoms with E-state index in [1.54, 1.807) is 0 Å². The normalized spacial score (nSPS) is 17.3. The van der Waals surface area contributed by atoms with E-state index in [1.807, 2.05) is 40.7 Å². The summed E-state index contributed by atoms with van der Waals surface area (Å²) in [6.45, 7) is 9.48. The zero-order valence-electron chi connectivity index (χ0n) is 13.1. The third kappa shape index (κ3) is 2.58. The fourth-order valence-electron chi connectivity index (χ4n) is 2.79. The second-order valence-electron chi connectivity index (χ2n) is 5.19. The molecule has 0 amide bonds. The van der Waals surface area contributed by atoms with Crippen molar-refractivity contribution in [1.29, 1.82) is 0 Å². The first-order valence-electron chi connectivity index (χ1n) is 7.17. The van der Waals surface area contributed by atoms with E-state index in [0.717, 1.165) is 28.2 Å². The van der Waals surface area contributed by atoms with Gasteiger partial charge >= 0.3 is 11.9 Å². The van der Waals surface area contributed by atoms with Gasteiger partial charge in [-0.3, -0.25) is 0 Å². The third-order valence-electron chi connectivity index (χ3n) is 3.87. The summed E-state index contributed by atoms with van der Waals surface area (Å²) >= 11 is 0. The van der Waals surface area contributed by atoms with E-state index in [4.69, 9.17) is 9.15 Å². The van der Waals surface area contributed by atoms with Gasteiger partial charge in [-0.1, -0.05) is 19.4 Å². The Bertz CT molecular complexity index is 665. The SMILES string of the molecule is CCC(CC)=C1C(=O)OC(=O)C1=C(C)c1cc(C)oc1C. The number of esters is 2. The lowest BCUT2D eigenvalue weighted by atomic mass is 9.92. The van der Waals surface area contributed by atoms with E-state index >= 15 is 0 Å². The topological polar surface area (TPSA) is 56.5 Å². The Labute approximate surface area is 124 Å². The molecule has 1 saturated heterocycles. The molecular weight excluding hydrogens is 268 g/mol. The monoisotopic (exact) mass is 288 g/mol. The van der Waals surface area contributed by atoms with Crippen molar-refractivity contribution >= 4 is 17.5 Å². The molecule has 0 saturated carbocycles. The average molecular weight is 288 g/mol.